The standard InChI is InChI=1S/C15H21F3O/c1-11(2)9-12-5-7-13(8-6-12)14(3,19-4)10-15(16,17)18/h5-8,11H,9-10H2,1-4H3. The minimum absolute atomic E-state index is 0.523. The summed E-state index contributed by atoms with van der Waals surface area (Å²) < 4.78 is 42.9. The van der Waals surface area contributed by atoms with Crippen molar-refractivity contribution < 1.29 is 17.9 Å². The zero-order valence-corrected chi connectivity index (χ0v) is 11.8. The zero-order chi connectivity index (χ0) is 14.7. The molecule has 0 heterocycles. The molecule has 0 aliphatic rings. The van der Waals surface area contributed by atoms with Crippen molar-refractivity contribution in [1.82, 2.24) is 0 Å². The summed E-state index contributed by atoms with van der Waals surface area (Å²) in [4.78, 5) is 0. The molecule has 0 saturated heterocycles. The van der Waals surface area contributed by atoms with E-state index in [0.29, 0.717) is 11.5 Å². The minimum Gasteiger partial charge on any atom is -0.373 e. The van der Waals surface area contributed by atoms with Crippen molar-refractivity contribution in [3.8, 4) is 0 Å². The Labute approximate surface area is 112 Å². The highest BCUT2D eigenvalue weighted by atomic mass is 19.4. The molecule has 0 bridgehead atoms. The summed E-state index contributed by atoms with van der Waals surface area (Å²) in [5.41, 5.74) is 0.360. The van der Waals surface area contributed by atoms with Crippen molar-refractivity contribution in [3.05, 3.63) is 35.4 Å². The second kappa shape index (κ2) is 5.95. The van der Waals surface area contributed by atoms with Gasteiger partial charge in [-0.15, -0.1) is 0 Å². The van der Waals surface area contributed by atoms with Gasteiger partial charge in [-0.2, -0.15) is 13.2 Å². The monoisotopic (exact) mass is 274 g/mol. The number of methoxy groups -OCH3 is 1. The highest BCUT2D eigenvalue weighted by molar-refractivity contribution is 5.27. The van der Waals surface area contributed by atoms with Crippen LogP contribution in [0.3, 0.4) is 0 Å². The third-order valence-electron chi connectivity index (χ3n) is 3.20. The van der Waals surface area contributed by atoms with E-state index >= 15 is 0 Å². The molecule has 108 valence electrons. The lowest BCUT2D eigenvalue weighted by Crippen LogP contribution is -2.31. The Balaban J connectivity index is 2.93. The molecule has 4 heteroatoms. The quantitative estimate of drug-likeness (QED) is 0.756. The van der Waals surface area contributed by atoms with Crippen LogP contribution in [0.25, 0.3) is 0 Å². The molecule has 1 rings (SSSR count). The van der Waals surface area contributed by atoms with Gasteiger partial charge in [0.2, 0.25) is 0 Å². The first-order valence-electron chi connectivity index (χ1n) is 6.37. The number of rotatable bonds is 5. The van der Waals surface area contributed by atoms with Crippen molar-refractivity contribution in [2.24, 2.45) is 5.92 Å². The average molecular weight is 274 g/mol. The number of alkyl halides is 3. The molecule has 0 radical (unpaired) electrons. The van der Waals surface area contributed by atoms with Gasteiger partial charge in [0.1, 0.15) is 0 Å². The van der Waals surface area contributed by atoms with Gasteiger partial charge >= 0.3 is 6.18 Å². The van der Waals surface area contributed by atoms with Crippen LogP contribution in [0.4, 0.5) is 13.2 Å². The number of hydrogen-bond acceptors (Lipinski definition) is 1. The topological polar surface area (TPSA) is 9.23 Å². The van der Waals surface area contributed by atoms with Crippen LogP contribution in [0, 0.1) is 5.92 Å². The molecule has 0 aliphatic carbocycles. The van der Waals surface area contributed by atoms with Gasteiger partial charge in [-0.3, -0.25) is 0 Å². The van der Waals surface area contributed by atoms with Gasteiger partial charge in [0.15, 0.2) is 0 Å². The van der Waals surface area contributed by atoms with Gasteiger partial charge in [0.25, 0.3) is 0 Å². The molecule has 0 aliphatic heterocycles. The second-order valence-electron chi connectivity index (χ2n) is 5.52. The van der Waals surface area contributed by atoms with Crippen LogP contribution in [0.15, 0.2) is 24.3 Å². The van der Waals surface area contributed by atoms with Gasteiger partial charge in [-0.25, -0.2) is 0 Å². The maximum Gasteiger partial charge on any atom is 0.392 e. The highest BCUT2D eigenvalue weighted by Gasteiger charge is 2.40. The molecule has 1 nitrogen and oxygen atoms in total. The van der Waals surface area contributed by atoms with E-state index in [1.54, 1.807) is 12.1 Å². The SMILES string of the molecule is COC(C)(CC(F)(F)F)c1ccc(CC(C)C)cc1. The summed E-state index contributed by atoms with van der Waals surface area (Å²) >= 11 is 0. The fourth-order valence-electron chi connectivity index (χ4n) is 2.14. The first kappa shape index (κ1) is 16.0. The molecule has 1 atom stereocenters. The van der Waals surface area contributed by atoms with Gasteiger partial charge in [-0.05, 0) is 30.4 Å². The van der Waals surface area contributed by atoms with E-state index in [0.717, 1.165) is 12.0 Å². The van der Waals surface area contributed by atoms with E-state index in [2.05, 4.69) is 13.8 Å². The molecule has 0 fully saturated rings. The van der Waals surface area contributed by atoms with E-state index in [1.807, 2.05) is 12.1 Å². The lowest BCUT2D eigenvalue weighted by Gasteiger charge is -2.29. The summed E-state index contributed by atoms with van der Waals surface area (Å²) in [5.74, 6) is 0.523. The van der Waals surface area contributed by atoms with Gasteiger partial charge in [-0.1, -0.05) is 38.1 Å². The normalized spacial score (nSPS) is 15.6. The van der Waals surface area contributed by atoms with Crippen LogP contribution in [0.1, 0.15) is 38.3 Å². The fraction of sp³-hybridized carbons (Fsp3) is 0.600. The molecule has 1 aromatic carbocycles. The average Bonchev–Trinajstić information content (AvgIpc) is 2.26. The van der Waals surface area contributed by atoms with Gasteiger partial charge in [0.05, 0.1) is 12.0 Å². The van der Waals surface area contributed by atoms with E-state index in [4.69, 9.17) is 4.74 Å². The Morgan fingerprint density at radius 1 is 1.11 bits per heavy atom. The summed E-state index contributed by atoms with van der Waals surface area (Å²) in [7, 11) is 1.31. The van der Waals surface area contributed by atoms with E-state index < -0.39 is 18.2 Å². The molecule has 0 aromatic heterocycles. The first-order chi connectivity index (χ1) is 8.66. The van der Waals surface area contributed by atoms with Crippen molar-refractivity contribution in [1.29, 1.82) is 0 Å². The van der Waals surface area contributed by atoms with Gasteiger partial charge < -0.3 is 4.74 Å². The summed E-state index contributed by atoms with van der Waals surface area (Å²) in [6, 6.07) is 7.21. The number of ether oxygens (including phenoxy) is 1. The summed E-state index contributed by atoms with van der Waals surface area (Å²) in [6.45, 7) is 5.69. The smallest absolute Gasteiger partial charge is 0.373 e. The minimum atomic E-state index is -4.25. The van der Waals surface area contributed by atoms with E-state index in [1.165, 1.54) is 14.0 Å². The summed E-state index contributed by atoms with van der Waals surface area (Å²) in [6.07, 6.45) is -4.31. The van der Waals surface area contributed by atoms with E-state index in [-0.39, 0.29) is 0 Å². The molecule has 0 spiro atoms. The van der Waals surface area contributed by atoms with Crippen molar-refractivity contribution in [2.75, 3.05) is 7.11 Å². The predicted molar refractivity (Wildman–Crippen MR) is 70.0 cm³/mol. The second-order valence-corrected chi connectivity index (χ2v) is 5.52. The van der Waals surface area contributed by atoms with Crippen molar-refractivity contribution in [2.45, 2.75) is 45.4 Å². The van der Waals surface area contributed by atoms with Crippen molar-refractivity contribution in [3.63, 3.8) is 0 Å². The van der Waals surface area contributed by atoms with Crippen LogP contribution in [0.5, 0.6) is 0 Å². The van der Waals surface area contributed by atoms with E-state index in [9.17, 15) is 13.2 Å². The predicted octanol–water partition coefficient (Wildman–Crippen LogP) is 4.70. The first-order valence-corrected chi connectivity index (χ1v) is 6.37. The Morgan fingerprint density at radius 3 is 2.00 bits per heavy atom. The van der Waals surface area contributed by atoms with Crippen LogP contribution in [-0.4, -0.2) is 13.3 Å². The van der Waals surface area contributed by atoms with Gasteiger partial charge in [0, 0.05) is 7.11 Å². The van der Waals surface area contributed by atoms with Crippen LogP contribution < -0.4 is 0 Å². The zero-order valence-electron chi connectivity index (χ0n) is 11.8. The number of benzene rings is 1. The Morgan fingerprint density at radius 2 is 1.63 bits per heavy atom. The molecule has 1 aromatic rings. The van der Waals surface area contributed by atoms with Crippen LogP contribution in [0.2, 0.25) is 0 Å². The largest absolute Gasteiger partial charge is 0.392 e. The maximum absolute atomic E-state index is 12.6. The molecular weight excluding hydrogens is 253 g/mol. The molecule has 19 heavy (non-hydrogen) atoms. The lowest BCUT2D eigenvalue weighted by atomic mass is 9.90. The lowest BCUT2D eigenvalue weighted by molar-refractivity contribution is -0.181. The third kappa shape index (κ3) is 4.86. The van der Waals surface area contributed by atoms with Crippen LogP contribution in [-0.2, 0) is 16.8 Å². The molecule has 0 amide bonds. The molecule has 0 saturated carbocycles. The maximum atomic E-state index is 12.6. The summed E-state index contributed by atoms with van der Waals surface area (Å²) in [5, 5.41) is 0. The number of halogens is 3. The number of hydrogen-bond donors (Lipinski definition) is 0. The van der Waals surface area contributed by atoms with Crippen molar-refractivity contribution >= 4 is 0 Å². The fourth-order valence-corrected chi connectivity index (χ4v) is 2.14. The highest BCUT2D eigenvalue weighted by Crippen LogP contribution is 2.37. The Bertz CT molecular complexity index is 395. The third-order valence-corrected chi connectivity index (χ3v) is 3.20. The molecule has 0 N–H and O–H groups in total. The Hall–Kier alpha value is -1.03. The molecule has 1 unspecified atom stereocenters. The Kier molecular flexibility index (Phi) is 5.02. The molecular formula is C15H21F3O. The van der Waals surface area contributed by atoms with Crippen LogP contribution >= 0.6 is 0 Å².